The second kappa shape index (κ2) is 6.03. The van der Waals surface area contributed by atoms with Crippen molar-refractivity contribution in [2.24, 2.45) is 0 Å². The van der Waals surface area contributed by atoms with Crippen molar-refractivity contribution in [3.05, 3.63) is 53.6 Å². The number of halogens is 2. The topological polar surface area (TPSA) is 73.1 Å². The molecule has 0 spiro atoms. The molecule has 25 heavy (non-hydrogen) atoms. The largest absolute Gasteiger partial charge is 0.360 e. The van der Waals surface area contributed by atoms with Gasteiger partial charge in [0.25, 0.3) is 0 Å². The Labute approximate surface area is 143 Å². The van der Waals surface area contributed by atoms with Gasteiger partial charge < -0.3 is 4.52 Å². The first kappa shape index (κ1) is 17.2. The highest BCUT2D eigenvalue weighted by molar-refractivity contribution is 7.90. The predicted molar refractivity (Wildman–Crippen MR) is 87.7 cm³/mol. The molecule has 5 nitrogen and oxygen atoms in total. The van der Waals surface area contributed by atoms with Gasteiger partial charge >= 0.3 is 0 Å². The summed E-state index contributed by atoms with van der Waals surface area (Å²) in [6, 6.07) is 3.74. The number of nitrogens with zero attached hydrogens (tertiary/aromatic N) is 2. The van der Waals surface area contributed by atoms with Gasteiger partial charge in [0, 0.05) is 24.2 Å². The summed E-state index contributed by atoms with van der Waals surface area (Å²) in [7, 11) is -4.03. The van der Waals surface area contributed by atoms with Gasteiger partial charge in [-0.15, -0.1) is 0 Å². The van der Waals surface area contributed by atoms with Crippen LogP contribution >= 0.6 is 0 Å². The van der Waals surface area contributed by atoms with Crippen LogP contribution in [0.15, 0.2) is 40.0 Å². The van der Waals surface area contributed by atoms with Crippen LogP contribution in [0, 0.1) is 25.5 Å². The van der Waals surface area contributed by atoms with E-state index in [1.165, 1.54) is 0 Å². The highest BCUT2D eigenvalue weighted by Gasteiger charge is 2.24. The van der Waals surface area contributed by atoms with Crippen LogP contribution < -0.4 is 0 Å². The SMILES string of the molecule is Cc1cncc(-c2noc(C)c2-c2cc(F)c(S(C)(=O)=O)c(F)c2)c1. The first-order valence-electron chi connectivity index (χ1n) is 7.26. The number of rotatable bonds is 3. The van der Waals surface area contributed by atoms with Crippen LogP contribution in [-0.4, -0.2) is 24.8 Å². The van der Waals surface area contributed by atoms with E-state index in [4.69, 9.17) is 4.52 Å². The molecule has 3 aromatic rings. The molecule has 8 heteroatoms. The fourth-order valence-corrected chi connectivity index (χ4v) is 3.48. The van der Waals surface area contributed by atoms with Gasteiger partial charge in [0.05, 0.1) is 5.56 Å². The average Bonchev–Trinajstić information content (AvgIpc) is 2.86. The third-order valence-electron chi connectivity index (χ3n) is 3.67. The minimum absolute atomic E-state index is 0.137. The lowest BCUT2D eigenvalue weighted by Gasteiger charge is -2.08. The Balaban J connectivity index is 2.24. The van der Waals surface area contributed by atoms with Crippen molar-refractivity contribution >= 4 is 9.84 Å². The number of aromatic nitrogens is 2. The van der Waals surface area contributed by atoms with E-state index in [2.05, 4.69) is 10.1 Å². The van der Waals surface area contributed by atoms with Crippen LogP contribution in [0.3, 0.4) is 0 Å². The Bertz CT molecular complexity index is 1050. The van der Waals surface area contributed by atoms with Gasteiger partial charge in [0.2, 0.25) is 0 Å². The summed E-state index contributed by atoms with van der Waals surface area (Å²) in [6.45, 7) is 3.46. The molecule has 0 saturated heterocycles. The maximum absolute atomic E-state index is 14.2. The molecular formula is C17H14F2N2O3S. The highest BCUT2D eigenvalue weighted by atomic mass is 32.2. The van der Waals surface area contributed by atoms with Crippen LogP contribution in [0.2, 0.25) is 0 Å². The summed E-state index contributed by atoms with van der Waals surface area (Å²) in [6.07, 6.45) is 3.98. The molecule has 130 valence electrons. The number of hydrogen-bond acceptors (Lipinski definition) is 5. The molecule has 2 aromatic heterocycles. The van der Waals surface area contributed by atoms with Crippen molar-refractivity contribution in [3.8, 4) is 22.4 Å². The zero-order valence-electron chi connectivity index (χ0n) is 13.7. The van der Waals surface area contributed by atoms with Gasteiger partial charge in [0.1, 0.15) is 28.0 Å². The van der Waals surface area contributed by atoms with E-state index in [1.54, 1.807) is 19.3 Å². The summed E-state index contributed by atoms with van der Waals surface area (Å²) in [4.78, 5) is 3.12. The second-order valence-electron chi connectivity index (χ2n) is 5.75. The van der Waals surface area contributed by atoms with E-state index < -0.39 is 26.4 Å². The summed E-state index contributed by atoms with van der Waals surface area (Å²) in [5.41, 5.74) is 2.40. The van der Waals surface area contributed by atoms with E-state index in [0.717, 1.165) is 24.0 Å². The zero-order chi connectivity index (χ0) is 18.4. The summed E-state index contributed by atoms with van der Waals surface area (Å²) < 4.78 is 56.8. The van der Waals surface area contributed by atoms with E-state index in [9.17, 15) is 17.2 Å². The summed E-state index contributed by atoms with van der Waals surface area (Å²) in [5, 5.41) is 3.96. The van der Waals surface area contributed by atoms with Gasteiger partial charge in [-0.2, -0.15) is 0 Å². The lowest BCUT2D eigenvalue weighted by Crippen LogP contribution is -2.05. The lowest BCUT2D eigenvalue weighted by molar-refractivity contribution is 0.400. The van der Waals surface area contributed by atoms with Crippen LogP contribution in [0.4, 0.5) is 8.78 Å². The van der Waals surface area contributed by atoms with E-state index >= 15 is 0 Å². The number of sulfone groups is 1. The molecule has 0 bridgehead atoms. The molecule has 0 aliphatic heterocycles. The van der Waals surface area contributed by atoms with Gasteiger partial charge in [-0.3, -0.25) is 4.98 Å². The van der Waals surface area contributed by atoms with Crippen LogP contribution in [0.25, 0.3) is 22.4 Å². The average molecular weight is 364 g/mol. The predicted octanol–water partition coefficient (Wildman–Crippen LogP) is 3.70. The molecule has 0 amide bonds. The summed E-state index contributed by atoms with van der Waals surface area (Å²) >= 11 is 0. The molecule has 0 aliphatic carbocycles. The molecule has 0 atom stereocenters. The molecule has 0 unspecified atom stereocenters. The summed E-state index contributed by atoms with van der Waals surface area (Å²) in [5.74, 6) is -1.97. The van der Waals surface area contributed by atoms with Crippen molar-refractivity contribution in [3.63, 3.8) is 0 Å². The Kier molecular flexibility index (Phi) is 4.16. The van der Waals surface area contributed by atoms with Crippen LogP contribution in [0.5, 0.6) is 0 Å². The molecular weight excluding hydrogens is 350 g/mol. The molecule has 3 rings (SSSR count). The van der Waals surface area contributed by atoms with Gasteiger partial charge in [-0.25, -0.2) is 17.2 Å². The van der Waals surface area contributed by atoms with Crippen molar-refractivity contribution in [1.29, 1.82) is 0 Å². The number of benzene rings is 1. The standard InChI is InChI=1S/C17H14F2N2O3S/c1-9-4-12(8-20-7-9)16-15(10(2)24-21-16)11-5-13(18)17(14(19)6-11)25(3,22)23/h4-8H,1-3H3. The Morgan fingerprint density at radius 2 is 1.64 bits per heavy atom. The molecule has 0 fully saturated rings. The second-order valence-corrected chi connectivity index (χ2v) is 7.71. The van der Waals surface area contributed by atoms with Crippen molar-refractivity contribution in [2.45, 2.75) is 18.7 Å². The molecule has 2 heterocycles. The van der Waals surface area contributed by atoms with Crippen LogP contribution in [0.1, 0.15) is 11.3 Å². The fraction of sp³-hybridized carbons (Fsp3) is 0.176. The maximum Gasteiger partial charge on any atom is 0.181 e. The minimum Gasteiger partial charge on any atom is -0.360 e. The van der Waals surface area contributed by atoms with Gasteiger partial charge in [0.15, 0.2) is 9.84 Å². The first-order chi connectivity index (χ1) is 11.7. The van der Waals surface area contributed by atoms with Gasteiger partial charge in [-0.1, -0.05) is 5.16 Å². The normalized spacial score (nSPS) is 11.7. The van der Waals surface area contributed by atoms with Crippen molar-refractivity contribution in [2.75, 3.05) is 6.26 Å². The highest BCUT2D eigenvalue weighted by Crippen LogP contribution is 2.36. The minimum atomic E-state index is -4.03. The number of aryl methyl sites for hydroxylation is 2. The third kappa shape index (κ3) is 3.17. The lowest BCUT2D eigenvalue weighted by atomic mass is 9.99. The molecule has 1 aromatic carbocycles. The monoisotopic (exact) mass is 364 g/mol. The molecule has 0 saturated carbocycles. The number of hydrogen-bond donors (Lipinski definition) is 0. The number of pyridine rings is 1. The van der Waals surface area contributed by atoms with Crippen molar-refractivity contribution in [1.82, 2.24) is 10.1 Å². The Hall–Kier alpha value is -2.61. The van der Waals surface area contributed by atoms with E-state index in [0.29, 0.717) is 22.6 Å². The molecule has 0 N–H and O–H groups in total. The first-order valence-corrected chi connectivity index (χ1v) is 9.15. The molecule has 0 aliphatic rings. The van der Waals surface area contributed by atoms with E-state index in [-0.39, 0.29) is 5.56 Å². The van der Waals surface area contributed by atoms with Crippen molar-refractivity contribution < 1.29 is 21.7 Å². The smallest absolute Gasteiger partial charge is 0.181 e. The van der Waals surface area contributed by atoms with E-state index in [1.807, 2.05) is 13.0 Å². The Morgan fingerprint density at radius 1 is 1.00 bits per heavy atom. The maximum atomic E-state index is 14.2. The Morgan fingerprint density at radius 3 is 2.20 bits per heavy atom. The van der Waals surface area contributed by atoms with Crippen LogP contribution in [-0.2, 0) is 9.84 Å². The quantitative estimate of drug-likeness (QED) is 0.708. The fourth-order valence-electron chi connectivity index (χ4n) is 2.65. The molecule has 0 radical (unpaired) electrons. The van der Waals surface area contributed by atoms with Gasteiger partial charge in [-0.05, 0) is 43.2 Å². The zero-order valence-corrected chi connectivity index (χ0v) is 14.5. The third-order valence-corrected chi connectivity index (χ3v) is 4.80.